The fraction of sp³-hybridized carbons (Fsp3) is 1.00. The molecule has 2 aliphatic rings. The quantitative estimate of drug-likeness (QED) is 0.0574. The Labute approximate surface area is 279 Å². The van der Waals surface area contributed by atoms with E-state index in [0.29, 0.717) is 12.8 Å². The molecule has 0 aromatic rings. The Morgan fingerprint density at radius 3 is 1.08 bits per heavy atom. The van der Waals surface area contributed by atoms with Gasteiger partial charge >= 0.3 is 31.3 Å². The van der Waals surface area contributed by atoms with Crippen molar-refractivity contribution in [2.24, 2.45) is 5.41 Å². The van der Waals surface area contributed by atoms with Gasteiger partial charge in [-0.3, -0.25) is 18.1 Å². The highest BCUT2D eigenvalue weighted by Gasteiger charge is 2.54. The van der Waals surface area contributed by atoms with E-state index in [-0.39, 0.29) is 12.8 Å². The van der Waals surface area contributed by atoms with Crippen molar-refractivity contribution in [3.8, 4) is 0 Å². The van der Waals surface area contributed by atoms with E-state index in [2.05, 4.69) is 18.1 Å². The average Bonchev–Trinajstić information content (AvgIpc) is 2.94. The topological polar surface area (TPSA) is 385 Å². The van der Waals surface area contributed by atoms with Crippen molar-refractivity contribution in [2.75, 3.05) is 26.4 Å². The fourth-order valence-corrected chi connectivity index (χ4v) is 7.79. The summed E-state index contributed by atoms with van der Waals surface area (Å²) in [6.45, 7) is 0.578. The number of aliphatic hydroxyl groups excluding tert-OH is 4. The molecule has 2 heterocycles. The zero-order chi connectivity index (χ0) is 37.6. The molecule has 24 nitrogen and oxygen atoms in total. The maximum atomic E-state index is 11.6. The van der Waals surface area contributed by atoms with Crippen molar-refractivity contribution >= 4 is 31.3 Å². The zero-order valence-electron chi connectivity index (χ0n) is 26.0. The van der Waals surface area contributed by atoms with E-state index in [1.807, 2.05) is 0 Å². The SMILES string of the molecule is CCCC(CCC)(CO[C@@H]1O[C@H](CO)[C@H](OP(=O)(O)O)[C@H](OP(=O)(O)O)[C@H]1O)CO[C@@H]1O[C@H](CO)[C@H](OP(=O)(O)O)[C@H](OP(=O)(O)O)[C@H]1O. The van der Waals surface area contributed by atoms with Gasteiger partial charge in [0.2, 0.25) is 0 Å². The fourth-order valence-electron chi connectivity index (χ4n) is 5.52. The molecule has 0 unspecified atom stereocenters. The van der Waals surface area contributed by atoms with Gasteiger partial charge in [-0.25, -0.2) is 18.3 Å². The minimum absolute atomic E-state index is 0.262. The van der Waals surface area contributed by atoms with Crippen molar-refractivity contribution in [3.05, 3.63) is 0 Å². The molecule has 2 saturated heterocycles. The summed E-state index contributed by atoms with van der Waals surface area (Å²) in [7, 11) is -21.7. The Balaban J connectivity index is 2.36. The van der Waals surface area contributed by atoms with Crippen LogP contribution in [-0.4, -0.2) is 147 Å². The maximum absolute atomic E-state index is 11.6. The molecule has 0 aromatic heterocycles. The third kappa shape index (κ3) is 14.5. The van der Waals surface area contributed by atoms with Crippen LogP contribution in [0.2, 0.25) is 0 Å². The third-order valence-electron chi connectivity index (χ3n) is 7.29. The molecule has 12 N–H and O–H groups in total. The lowest BCUT2D eigenvalue weighted by Gasteiger charge is -2.45. The van der Waals surface area contributed by atoms with Crippen LogP contribution < -0.4 is 0 Å². The molecule has 0 aliphatic carbocycles. The summed E-state index contributed by atoms with van der Waals surface area (Å²) in [5.74, 6) is 0. The van der Waals surface area contributed by atoms with Crippen LogP contribution in [0.1, 0.15) is 39.5 Å². The van der Waals surface area contributed by atoms with E-state index >= 15 is 0 Å². The third-order valence-corrected chi connectivity index (χ3v) is 9.37. The van der Waals surface area contributed by atoms with Crippen molar-refractivity contribution in [2.45, 2.75) is 101 Å². The minimum Gasteiger partial charge on any atom is -0.394 e. The van der Waals surface area contributed by atoms with Gasteiger partial charge in [0.15, 0.2) is 12.6 Å². The molecule has 0 radical (unpaired) electrons. The van der Waals surface area contributed by atoms with E-state index in [1.54, 1.807) is 13.8 Å². The summed E-state index contributed by atoms with van der Waals surface area (Å²) in [6.07, 6.45) is -18.8. The predicted molar refractivity (Wildman–Crippen MR) is 155 cm³/mol. The molecule has 0 bridgehead atoms. The van der Waals surface area contributed by atoms with Crippen LogP contribution >= 0.6 is 31.3 Å². The molecular weight excluding hydrogens is 760 g/mol. The smallest absolute Gasteiger partial charge is 0.394 e. The summed E-state index contributed by atoms with van der Waals surface area (Å²) in [5.41, 5.74) is -1.10. The molecule has 0 spiro atoms. The Bertz CT molecular complexity index is 1120. The van der Waals surface area contributed by atoms with Gasteiger partial charge in [0.1, 0.15) is 48.8 Å². The van der Waals surface area contributed by atoms with E-state index in [0.717, 1.165) is 0 Å². The molecule has 292 valence electrons. The molecule has 28 heteroatoms. The molecule has 0 aromatic carbocycles. The molecule has 2 fully saturated rings. The number of phosphoric acid groups is 4. The molecular formula is C21H44O24P4. The van der Waals surface area contributed by atoms with E-state index < -0.39 is 125 Å². The largest absolute Gasteiger partial charge is 0.470 e. The maximum Gasteiger partial charge on any atom is 0.470 e. The van der Waals surface area contributed by atoms with Crippen LogP contribution in [0.5, 0.6) is 0 Å². The molecule has 49 heavy (non-hydrogen) atoms. The van der Waals surface area contributed by atoms with Crippen molar-refractivity contribution in [1.82, 2.24) is 0 Å². The van der Waals surface area contributed by atoms with Gasteiger partial charge in [-0.15, -0.1) is 0 Å². The summed E-state index contributed by atoms with van der Waals surface area (Å²) < 4.78 is 86.8. The average molecular weight is 804 g/mol. The van der Waals surface area contributed by atoms with Crippen molar-refractivity contribution in [3.63, 3.8) is 0 Å². The first kappa shape index (κ1) is 45.3. The Morgan fingerprint density at radius 2 is 0.837 bits per heavy atom. The number of hydrogen-bond acceptors (Lipinski definition) is 16. The van der Waals surface area contributed by atoms with Crippen LogP contribution in [-0.2, 0) is 55.3 Å². The Kier molecular flexibility index (Phi) is 17.0. The number of phosphoric ester groups is 4. The Hall–Kier alpha value is 0.120. The van der Waals surface area contributed by atoms with Gasteiger partial charge in [0.25, 0.3) is 0 Å². The highest BCUT2D eigenvalue weighted by Crippen LogP contribution is 2.49. The van der Waals surface area contributed by atoms with E-state index in [1.165, 1.54) is 0 Å². The van der Waals surface area contributed by atoms with Crippen LogP contribution in [0.3, 0.4) is 0 Å². The zero-order valence-corrected chi connectivity index (χ0v) is 29.6. The summed E-state index contributed by atoms with van der Waals surface area (Å²) >= 11 is 0. The van der Waals surface area contributed by atoms with Gasteiger partial charge in [-0.1, -0.05) is 26.7 Å². The first-order valence-corrected chi connectivity index (χ1v) is 20.6. The van der Waals surface area contributed by atoms with Gasteiger partial charge in [0.05, 0.1) is 26.4 Å². The number of rotatable bonds is 20. The normalized spacial score (nSPS) is 32.4. The van der Waals surface area contributed by atoms with Gasteiger partial charge in [-0.05, 0) is 12.8 Å². The second kappa shape index (κ2) is 18.4. The minimum atomic E-state index is -5.46. The van der Waals surface area contributed by atoms with Crippen molar-refractivity contribution in [1.29, 1.82) is 0 Å². The van der Waals surface area contributed by atoms with Crippen LogP contribution in [0.25, 0.3) is 0 Å². The predicted octanol–water partition coefficient (Wildman–Crippen LogP) is -2.33. The van der Waals surface area contributed by atoms with Crippen LogP contribution in [0.15, 0.2) is 0 Å². The highest BCUT2D eigenvalue weighted by molar-refractivity contribution is 7.47. The number of hydrogen-bond donors (Lipinski definition) is 12. The first-order valence-electron chi connectivity index (χ1n) is 14.5. The van der Waals surface area contributed by atoms with Crippen LogP contribution in [0, 0.1) is 5.41 Å². The van der Waals surface area contributed by atoms with Gasteiger partial charge in [-0.2, -0.15) is 0 Å². The Morgan fingerprint density at radius 1 is 0.551 bits per heavy atom. The van der Waals surface area contributed by atoms with Crippen LogP contribution in [0.4, 0.5) is 0 Å². The first-order chi connectivity index (χ1) is 22.4. The second-order valence-electron chi connectivity index (χ2n) is 11.3. The van der Waals surface area contributed by atoms with Gasteiger partial charge in [0, 0.05) is 5.41 Å². The molecule has 2 rings (SSSR count). The summed E-state index contributed by atoms with van der Waals surface area (Å²) in [6, 6.07) is 0. The molecule has 0 saturated carbocycles. The standard InChI is InChI=1S/C21H44O24P4/c1-3-5-21(6-4-2,9-38-19-13(24)17(44-48(32,33)34)15(11(7-22)40-19)42-46(26,27)28)10-39-20-14(25)18(45-49(35,36)37)16(12(8-23)41-20)43-47(29,30)31/h11-20,22-25H,3-10H2,1-2H3,(H2,26,27,28)(H2,29,30,31)(H2,32,33,34)(H2,35,36,37)/t11-,12-,13-,14-,15+,16+,17-,18-,19-,20-/m1/s1. The lowest BCUT2D eigenvalue weighted by Crippen LogP contribution is -2.61. The lowest BCUT2D eigenvalue weighted by molar-refractivity contribution is -0.314. The molecule has 0 amide bonds. The lowest BCUT2D eigenvalue weighted by atomic mass is 9.80. The van der Waals surface area contributed by atoms with Gasteiger partial charge < -0.3 is 78.5 Å². The van der Waals surface area contributed by atoms with E-state index in [9.17, 15) is 77.8 Å². The molecule has 2 aliphatic heterocycles. The molecule has 10 atom stereocenters. The highest BCUT2D eigenvalue weighted by atomic mass is 31.2. The summed E-state index contributed by atoms with van der Waals surface area (Å²) in [5, 5.41) is 41.4. The number of aliphatic hydroxyl groups is 4. The number of ether oxygens (including phenoxy) is 4. The second-order valence-corrected chi connectivity index (χ2v) is 16.1. The van der Waals surface area contributed by atoms with E-state index in [4.69, 9.17) is 18.9 Å². The monoisotopic (exact) mass is 804 g/mol. The summed E-state index contributed by atoms with van der Waals surface area (Å²) in [4.78, 5) is 74.6. The van der Waals surface area contributed by atoms with Crippen molar-refractivity contribution < 1.29 is 115 Å².